The average molecular weight is 274 g/mol. The normalized spacial score (nSPS) is 18.0. The third-order valence-electron chi connectivity index (χ3n) is 3.21. The summed E-state index contributed by atoms with van der Waals surface area (Å²) in [7, 11) is -3.39. The molecule has 1 aromatic carbocycles. The molecule has 5 heteroatoms. The molecule has 0 heterocycles. The highest BCUT2D eigenvalue weighted by Gasteiger charge is 2.42. The molecule has 0 atom stereocenters. The van der Waals surface area contributed by atoms with Gasteiger partial charge in [-0.05, 0) is 37.3 Å². The summed E-state index contributed by atoms with van der Waals surface area (Å²) in [5.41, 5.74) is 1.04. The second-order valence-corrected chi connectivity index (χ2v) is 6.81. The molecule has 1 saturated carbocycles. The summed E-state index contributed by atoms with van der Waals surface area (Å²) in [6.45, 7) is 2.36. The minimum Gasteiger partial charge on any atom is -0.211 e. The van der Waals surface area contributed by atoms with Crippen LogP contribution in [0.3, 0.4) is 0 Å². The number of nitrogens with one attached hydrogen (secondary N) is 1. The molecule has 1 aliphatic rings. The minimum atomic E-state index is -3.39. The van der Waals surface area contributed by atoms with E-state index in [0.29, 0.717) is 17.3 Å². The van der Waals surface area contributed by atoms with Gasteiger partial charge in [0, 0.05) is 12.4 Å². The van der Waals surface area contributed by atoms with Crippen molar-refractivity contribution in [3.05, 3.63) is 29.8 Å². The van der Waals surface area contributed by atoms with E-state index in [2.05, 4.69) is 4.72 Å². The van der Waals surface area contributed by atoms with Crippen molar-refractivity contribution in [3.8, 4) is 0 Å². The molecule has 3 nitrogen and oxygen atoms in total. The summed E-state index contributed by atoms with van der Waals surface area (Å²) < 4.78 is 26.6. The van der Waals surface area contributed by atoms with Crippen LogP contribution >= 0.6 is 11.6 Å². The zero-order chi connectivity index (χ0) is 12.5. The van der Waals surface area contributed by atoms with Crippen LogP contribution in [-0.4, -0.2) is 20.8 Å². The van der Waals surface area contributed by atoms with Gasteiger partial charge < -0.3 is 0 Å². The first-order valence-electron chi connectivity index (χ1n) is 5.60. The van der Waals surface area contributed by atoms with Gasteiger partial charge in [-0.25, -0.2) is 13.1 Å². The van der Waals surface area contributed by atoms with Crippen molar-refractivity contribution < 1.29 is 8.42 Å². The standard InChI is InChI=1S/C12H16ClNO2S/c1-10-2-4-11(5-3-10)17(15,16)14-9-12(8-13)6-7-12/h2-5,14H,6-9H2,1H3. The van der Waals surface area contributed by atoms with Gasteiger partial charge in [0.25, 0.3) is 0 Å². The number of alkyl halides is 1. The molecular formula is C12H16ClNO2S. The van der Waals surface area contributed by atoms with Crippen molar-refractivity contribution in [1.29, 1.82) is 0 Å². The van der Waals surface area contributed by atoms with Gasteiger partial charge in [0.05, 0.1) is 4.90 Å². The highest BCUT2D eigenvalue weighted by atomic mass is 35.5. The van der Waals surface area contributed by atoms with Crippen molar-refractivity contribution in [2.24, 2.45) is 5.41 Å². The lowest BCUT2D eigenvalue weighted by Crippen LogP contribution is -2.31. The fraction of sp³-hybridized carbons (Fsp3) is 0.500. The summed E-state index contributed by atoms with van der Waals surface area (Å²) >= 11 is 5.82. The van der Waals surface area contributed by atoms with E-state index in [1.807, 2.05) is 6.92 Å². The van der Waals surface area contributed by atoms with Gasteiger partial charge in [-0.2, -0.15) is 0 Å². The van der Waals surface area contributed by atoms with Gasteiger partial charge in [0.2, 0.25) is 10.0 Å². The Labute approximate surface area is 107 Å². The van der Waals surface area contributed by atoms with E-state index in [0.717, 1.165) is 18.4 Å². The van der Waals surface area contributed by atoms with Gasteiger partial charge in [-0.15, -0.1) is 11.6 Å². The van der Waals surface area contributed by atoms with Crippen LogP contribution in [0, 0.1) is 12.3 Å². The average Bonchev–Trinajstić information content (AvgIpc) is 3.08. The summed E-state index contributed by atoms with van der Waals surface area (Å²) in [6.07, 6.45) is 2.01. The van der Waals surface area contributed by atoms with Crippen LogP contribution in [0.2, 0.25) is 0 Å². The smallest absolute Gasteiger partial charge is 0.211 e. The molecule has 0 saturated heterocycles. The van der Waals surface area contributed by atoms with E-state index in [1.54, 1.807) is 24.3 Å². The van der Waals surface area contributed by atoms with E-state index in [1.165, 1.54) is 0 Å². The number of hydrogen-bond donors (Lipinski definition) is 1. The van der Waals surface area contributed by atoms with E-state index < -0.39 is 10.0 Å². The first-order chi connectivity index (χ1) is 7.97. The predicted molar refractivity (Wildman–Crippen MR) is 68.8 cm³/mol. The monoisotopic (exact) mass is 273 g/mol. The van der Waals surface area contributed by atoms with Gasteiger partial charge in [-0.3, -0.25) is 0 Å². The van der Waals surface area contributed by atoms with Crippen LogP contribution in [-0.2, 0) is 10.0 Å². The highest BCUT2D eigenvalue weighted by Crippen LogP contribution is 2.46. The molecule has 0 spiro atoms. The zero-order valence-corrected chi connectivity index (χ0v) is 11.3. The molecule has 0 unspecified atom stereocenters. The maximum Gasteiger partial charge on any atom is 0.240 e. The Morgan fingerprint density at radius 3 is 2.35 bits per heavy atom. The van der Waals surface area contributed by atoms with Crippen molar-refractivity contribution in [2.45, 2.75) is 24.7 Å². The van der Waals surface area contributed by atoms with Crippen LogP contribution < -0.4 is 4.72 Å². The molecule has 94 valence electrons. The number of benzene rings is 1. The van der Waals surface area contributed by atoms with Gasteiger partial charge in [-0.1, -0.05) is 17.7 Å². The summed E-state index contributed by atoms with van der Waals surface area (Å²) in [4.78, 5) is 0.313. The third kappa shape index (κ3) is 3.00. The number of halogens is 1. The fourth-order valence-corrected chi connectivity index (χ4v) is 3.10. The van der Waals surface area contributed by atoms with Crippen LogP contribution in [0.25, 0.3) is 0 Å². The molecule has 2 rings (SSSR count). The SMILES string of the molecule is Cc1ccc(S(=O)(=O)NCC2(CCl)CC2)cc1. The maximum absolute atomic E-state index is 12.0. The van der Waals surface area contributed by atoms with Crippen LogP contribution in [0.1, 0.15) is 18.4 Å². The van der Waals surface area contributed by atoms with Crippen molar-refractivity contribution in [2.75, 3.05) is 12.4 Å². The lowest BCUT2D eigenvalue weighted by molar-refractivity contribution is 0.534. The van der Waals surface area contributed by atoms with Gasteiger partial charge in [0.1, 0.15) is 0 Å². The first kappa shape index (κ1) is 12.9. The number of rotatable bonds is 5. The van der Waals surface area contributed by atoms with Crippen LogP contribution in [0.4, 0.5) is 0 Å². The van der Waals surface area contributed by atoms with E-state index >= 15 is 0 Å². The Kier molecular flexibility index (Phi) is 3.48. The van der Waals surface area contributed by atoms with E-state index in [4.69, 9.17) is 11.6 Å². The topological polar surface area (TPSA) is 46.2 Å². The van der Waals surface area contributed by atoms with Crippen molar-refractivity contribution in [3.63, 3.8) is 0 Å². The number of hydrogen-bond acceptors (Lipinski definition) is 2. The minimum absolute atomic E-state index is 0.000672. The zero-order valence-electron chi connectivity index (χ0n) is 9.74. The van der Waals surface area contributed by atoms with Crippen molar-refractivity contribution in [1.82, 2.24) is 4.72 Å². The summed E-state index contributed by atoms with van der Waals surface area (Å²) in [6, 6.07) is 6.84. The summed E-state index contributed by atoms with van der Waals surface area (Å²) in [5, 5.41) is 0. The van der Waals surface area contributed by atoms with Crippen LogP contribution in [0.15, 0.2) is 29.2 Å². The van der Waals surface area contributed by atoms with E-state index in [9.17, 15) is 8.42 Å². The Morgan fingerprint density at radius 1 is 1.29 bits per heavy atom. The quantitative estimate of drug-likeness (QED) is 0.837. The predicted octanol–water partition coefficient (Wildman–Crippen LogP) is 2.29. The molecule has 1 N–H and O–H groups in total. The second-order valence-electron chi connectivity index (χ2n) is 4.77. The molecule has 0 bridgehead atoms. The Morgan fingerprint density at radius 2 is 1.88 bits per heavy atom. The molecule has 1 fully saturated rings. The number of sulfonamides is 1. The highest BCUT2D eigenvalue weighted by molar-refractivity contribution is 7.89. The Hall–Kier alpha value is -0.580. The van der Waals surface area contributed by atoms with E-state index in [-0.39, 0.29) is 5.41 Å². The maximum atomic E-state index is 12.0. The Balaban J connectivity index is 2.06. The molecule has 0 radical (unpaired) electrons. The lowest BCUT2D eigenvalue weighted by Gasteiger charge is -2.12. The van der Waals surface area contributed by atoms with Crippen LogP contribution in [0.5, 0.6) is 0 Å². The molecule has 0 aromatic heterocycles. The summed E-state index contributed by atoms with van der Waals surface area (Å²) in [5.74, 6) is 0.517. The van der Waals surface area contributed by atoms with Crippen molar-refractivity contribution >= 4 is 21.6 Å². The number of aryl methyl sites for hydroxylation is 1. The molecule has 0 aliphatic heterocycles. The second kappa shape index (κ2) is 4.59. The van der Waals surface area contributed by atoms with Gasteiger partial charge in [0.15, 0.2) is 0 Å². The fourth-order valence-electron chi connectivity index (χ4n) is 1.58. The molecular weight excluding hydrogens is 258 g/mol. The molecule has 17 heavy (non-hydrogen) atoms. The first-order valence-corrected chi connectivity index (χ1v) is 7.62. The largest absolute Gasteiger partial charge is 0.240 e. The Bertz CT molecular complexity index is 492. The molecule has 1 aromatic rings. The lowest BCUT2D eigenvalue weighted by atomic mass is 10.1. The molecule has 0 amide bonds. The van der Waals surface area contributed by atoms with Gasteiger partial charge >= 0.3 is 0 Å². The molecule has 1 aliphatic carbocycles. The third-order valence-corrected chi connectivity index (χ3v) is 5.19.